The first-order valence-electron chi connectivity index (χ1n) is 10.3. The van der Waals surface area contributed by atoms with Crippen LogP contribution in [0, 0.1) is 10.7 Å². The van der Waals surface area contributed by atoms with Crippen LogP contribution in [0.15, 0.2) is 24.3 Å². The fraction of sp³-hybridized carbons (Fsp3) is 0.600. The summed E-state index contributed by atoms with van der Waals surface area (Å²) in [4.78, 5) is 4.81. The quantitative estimate of drug-likeness (QED) is 0.605. The highest BCUT2D eigenvalue weighted by atomic mass is 35.5. The van der Waals surface area contributed by atoms with E-state index in [-0.39, 0.29) is 11.7 Å². The van der Waals surface area contributed by atoms with Crippen molar-refractivity contribution < 1.29 is 8.42 Å². The molecule has 10 heteroatoms. The Balaban J connectivity index is 1.32. The lowest BCUT2D eigenvalue weighted by molar-refractivity contribution is 0.0979. The largest absolute Gasteiger partial charge is 0.307 e. The van der Waals surface area contributed by atoms with Crippen LogP contribution in [-0.2, 0) is 36.5 Å². The lowest BCUT2D eigenvalue weighted by Gasteiger charge is -2.34. The Hall–Kier alpha value is -1.26. The molecule has 4 rings (SSSR count). The second kappa shape index (κ2) is 9.08. The van der Waals surface area contributed by atoms with E-state index in [1.807, 2.05) is 28.4 Å². The van der Waals surface area contributed by atoms with Gasteiger partial charge in [0.1, 0.15) is 5.82 Å². The summed E-state index contributed by atoms with van der Waals surface area (Å²) in [6.07, 6.45) is 1.39. The van der Waals surface area contributed by atoms with Crippen LogP contribution in [-0.4, -0.2) is 70.2 Å². The topological polar surface area (TPSA) is 63.4 Å². The molecule has 2 aliphatic rings. The van der Waals surface area contributed by atoms with Crippen molar-refractivity contribution in [2.75, 3.05) is 37.7 Å². The maximum absolute atomic E-state index is 11.7. The number of sulfone groups is 1. The van der Waals surface area contributed by atoms with Crippen LogP contribution in [0.1, 0.15) is 17.8 Å². The third kappa shape index (κ3) is 5.31. The molecule has 0 spiro atoms. The van der Waals surface area contributed by atoms with E-state index in [1.54, 1.807) is 0 Å². The molecule has 3 heterocycles. The molecule has 1 atom stereocenters. The molecule has 0 saturated carbocycles. The van der Waals surface area contributed by atoms with E-state index in [9.17, 15) is 8.42 Å². The minimum absolute atomic E-state index is 0.148. The molecule has 1 aromatic heterocycles. The summed E-state index contributed by atoms with van der Waals surface area (Å²) in [7, 11) is -0.949. The smallest absolute Gasteiger partial charge is 0.198 e. The van der Waals surface area contributed by atoms with E-state index in [0.717, 1.165) is 50.0 Å². The maximum Gasteiger partial charge on any atom is 0.198 e. The van der Waals surface area contributed by atoms with Crippen molar-refractivity contribution in [1.29, 1.82) is 0 Å². The first-order valence-corrected chi connectivity index (χ1v) is 12.9. The van der Waals surface area contributed by atoms with Crippen molar-refractivity contribution in [2.24, 2.45) is 13.0 Å². The Labute approximate surface area is 188 Å². The molecule has 2 fully saturated rings. The Morgan fingerprint density at radius 1 is 1.13 bits per heavy atom. The minimum Gasteiger partial charge on any atom is -0.307 e. The zero-order valence-corrected chi connectivity index (χ0v) is 19.6. The normalized spacial score (nSPS) is 22.5. The molecular formula is C20H28ClN5O2S2. The summed E-state index contributed by atoms with van der Waals surface area (Å²) in [5, 5.41) is 5.49. The van der Waals surface area contributed by atoms with Crippen LogP contribution < -0.4 is 0 Å². The van der Waals surface area contributed by atoms with E-state index >= 15 is 0 Å². The van der Waals surface area contributed by atoms with Crippen LogP contribution in [0.3, 0.4) is 0 Å². The molecule has 0 radical (unpaired) electrons. The van der Waals surface area contributed by atoms with Gasteiger partial charge >= 0.3 is 0 Å². The average Bonchev–Trinajstić information content (AvgIpc) is 3.19. The summed E-state index contributed by atoms with van der Waals surface area (Å²) >= 11 is 11.6. The maximum atomic E-state index is 11.7. The molecule has 1 unspecified atom stereocenters. The van der Waals surface area contributed by atoms with Crippen LogP contribution >= 0.6 is 23.8 Å². The van der Waals surface area contributed by atoms with Gasteiger partial charge < -0.3 is 4.57 Å². The predicted molar refractivity (Wildman–Crippen MR) is 121 cm³/mol. The van der Waals surface area contributed by atoms with Gasteiger partial charge in [-0.25, -0.2) is 13.1 Å². The number of aromatic nitrogens is 3. The Bertz CT molecular complexity index is 1040. The summed E-state index contributed by atoms with van der Waals surface area (Å²) in [5.41, 5.74) is 1.28. The van der Waals surface area contributed by atoms with E-state index in [1.165, 1.54) is 5.56 Å². The van der Waals surface area contributed by atoms with Crippen LogP contribution in [0.5, 0.6) is 0 Å². The van der Waals surface area contributed by atoms with Crippen molar-refractivity contribution >= 4 is 33.7 Å². The van der Waals surface area contributed by atoms with Gasteiger partial charge in [-0.3, -0.25) is 9.80 Å². The lowest BCUT2D eigenvalue weighted by atomic mass is 10.1. The third-order valence-electron chi connectivity index (χ3n) is 6.05. The number of hydrogen-bond donors (Lipinski definition) is 0. The van der Waals surface area contributed by atoms with Crippen LogP contribution in [0.4, 0.5) is 0 Å². The molecule has 0 amide bonds. The fourth-order valence-corrected chi connectivity index (χ4v) is 6.41. The minimum atomic E-state index is -2.87. The molecule has 1 aromatic carbocycles. The molecule has 7 nitrogen and oxygen atoms in total. The van der Waals surface area contributed by atoms with Gasteiger partial charge in [-0.1, -0.05) is 23.7 Å². The molecule has 0 bridgehead atoms. The fourth-order valence-electron chi connectivity index (χ4n) is 4.22. The first kappa shape index (κ1) is 22.0. The van der Waals surface area contributed by atoms with E-state index < -0.39 is 9.84 Å². The van der Waals surface area contributed by atoms with Crippen LogP contribution in [0.25, 0.3) is 0 Å². The molecule has 2 aliphatic heterocycles. The van der Waals surface area contributed by atoms with Crippen molar-refractivity contribution in [2.45, 2.75) is 26.1 Å². The highest BCUT2D eigenvalue weighted by molar-refractivity contribution is 7.91. The molecular weight excluding hydrogens is 442 g/mol. The van der Waals surface area contributed by atoms with Gasteiger partial charge in [0, 0.05) is 51.2 Å². The van der Waals surface area contributed by atoms with E-state index in [2.05, 4.69) is 21.9 Å². The number of piperazine rings is 1. The summed E-state index contributed by atoms with van der Waals surface area (Å²) < 4.78 is 28.0. The van der Waals surface area contributed by atoms with E-state index in [0.29, 0.717) is 23.6 Å². The van der Waals surface area contributed by atoms with Gasteiger partial charge in [-0.05, 0) is 42.3 Å². The standard InChI is InChI=1S/C20H28ClN5O2S2/c1-23-19(12-17-6-11-30(27,28)14-17)22-26(20(23)29)15-25-9-7-24(8-10-25)13-16-2-4-18(21)5-3-16/h2-5,17H,6-15H2,1H3. The Kier molecular flexibility index (Phi) is 6.64. The second-order valence-corrected chi connectivity index (χ2v) is 11.4. The van der Waals surface area contributed by atoms with Gasteiger partial charge in [0.25, 0.3) is 0 Å². The van der Waals surface area contributed by atoms with E-state index in [4.69, 9.17) is 28.9 Å². The lowest BCUT2D eigenvalue weighted by Crippen LogP contribution is -2.46. The second-order valence-electron chi connectivity index (χ2n) is 8.39. The molecule has 0 N–H and O–H groups in total. The SMILES string of the molecule is Cn1c(CC2CCS(=O)(=O)C2)nn(CN2CCN(Cc3ccc(Cl)cc3)CC2)c1=S. The van der Waals surface area contributed by atoms with Crippen molar-refractivity contribution in [3.63, 3.8) is 0 Å². The zero-order valence-electron chi connectivity index (χ0n) is 17.2. The molecule has 30 heavy (non-hydrogen) atoms. The molecule has 2 saturated heterocycles. The van der Waals surface area contributed by atoms with Gasteiger partial charge in [0.15, 0.2) is 14.6 Å². The Morgan fingerprint density at radius 2 is 1.80 bits per heavy atom. The molecule has 0 aliphatic carbocycles. The highest BCUT2D eigenvalue weighted by Crippen LogP contribution is 2.22. The molecule has 164 valence electrons. The number of halogens is 1. The Morgan fingerprint density at radius 3 is 2.43 bits per heavy atom. The van der Waals surface area contributed by atoms with Gasteiger partial charge in [-0.2, -0.15) is 5.10 Å². The third-order valence-corrected chi connectivity index (χ3v) is 8.62. The number of hydrogen-bond acceptors (Lipinski definition) is 6. The average molecular weight is 470 g/mol. The summed E-state index contributed by atoms with van der Waals surface area (Å²) in [5.74, 6) is 1.59. The van der Waals surface area contributed by atoms with Crippen molar-refractivity contribution in [1.82, 2.24) is 24.1 Å². The van der Waals surface area contributed by atoms with Crippen molar-refractivity contribution in [3.05, 3.63) is 45.4 Å². The van der Waals surface area contributed by atoms with Gasteiger partial charge in [0.05, 0.1) is 18.2 Å². The number of rotatable bonds is 6. The van der Waals surface area contributed by atoms with Crippen molar-refractivity contribution in [3.8, 4) is 0 Å². The van der Waals surface area contributed by atoms with Crippen LogP contribution in [0.2, 0.25) is 5.02 Å². The molecule has 2 aromatic rings. The monoisotopic (exact) mass is 469 g/mol. The first-order chi connectivity index (χ1) is 14.3. The van der Waals surface area contributed by atoms with Gasteiger partial charge in [-0.15, -0.1) is 0 Å². The predicted octanol–water partition coefficient (Wildman–Crippen LogP) is 2.36. The zero-order chi connectivity index (χ0) is 21.3. The summed E-state index contributed by atoms with van der Waals surface area (Å²) in [6, 6.07) is 8.04. The summed E-state index contributed by atoms with van der Waals surface area (Å²) in [6.45, 7) is 5.52. The number of benzene rings is 1. The number of nitrogens with zero attached hydrogens (tertiary/aromatic N) is 5. The highest BCUT2D eigenvalue weighted by Gasteiger charge is 2.29. The van der Waals surface area contributed by atoms with Gasteiger partial charge in [0.2, 0.25) is 0 Å².